The maximum atomic E-state index is 13.0. The van der Waals surface area contributed by atoms with Gasteiger partial charge in [0.2, 0.25) is 0 Å². The molecule has 1 aromatic carbocycles. The number of nitrogens with one attached hydrogen (secondary N) is 1. The molecule has 1 aliphatic heterocycles. The van der Waals surface area contributed by atoms with Crippen LogP contribution in [0.3, 0.4) is 0 Å². The van der Waals surface area contributed by atoms with Crippen molar-refractivity contribution in [3.63, 3.8) is 0 Å². The van der Waals surface area contributed by atoms with Gasteiger partial charge in [-0.3, -0.25) is 9.69 Å². The molecule has 6 heteroatoms. The third kappa shape index (κ3) is 3.32. The maximum absolute atomic E-state index is 13.0. The Balaban J connectivity index is 1.81. The fourth-order valence-corrected chi connectivity index (χ4v) is 3.33. The van der Waals surface area contributed by atoms with Crippen molar-refractivity contribution in [1.82, 2.24) is 15.1 Å². The molecule has 2 aliphatic rings. The van der Waals surface area contributed by atoms with E-state index < -0.39 is 11.6 Å². The number of nitrogens with zero attached hydrogens (tertiary/aromatic N) is 3. The number of benzene rings is 1. The molecule has 1 aromatic rings. The van der Waals surface area contributed by atoms with Crippen LogP contribution in [0.2, 0.25) is 0 Å². The molecule has 26 heavy (non-hydrogen) atoms. The smallest absolute Gasteiger partial charge is 0.319 e. The lowest BCUT2D eigenvalue weighted by Gasteiger charge is -2.26. The summed E-state index contributed by atoms with van der Waals surface area (Å²) < 4.78 is 0. The highest BCUT2D eigenvalue weighted by molar-refractivity contribution is 6.07. The highest BCUT2D eigenvalue weighted by atomic mass is 16.2. The van der Waals surface area contributed by atoms with E-state index in [2.05, 4.69) is 32.2 Å². The Morgan fingerprint density at radius 2 is 1.88 bits per heavy atom. The maximum Gasteiger partial charge on any atom is 0.326 e. The first kappa shape index (κ1) is 18.4. The van der Waals surface area contributed by atoms with Crippen molar-refractivity contribution in [2.24, 2.45) is 0 Å². The van der Waals surface area contributed by atoms with Crippen molar-refractivity contribution in [1.29, 1.82) is 5.26 Å². The second kappa shape index (κ2) is 6.40. The molecule has 2 fully saturated rings. The van der Waals surface area contributed by atoms with Crippen LogP contribution in [0.15, 0.2) is 24.3 Å². The van der Waals surface area contributed by atoms with E-state index in [4.69, 9.17) is 5.26 Å². The van der Waals surface area contributed by atoms with E-state index >= 15 is 0 Å². The molecule has 1 saturated heterocycles. The lowest BCUT2D eigenvalue weighted by atomic mass is 9.84. The van der Waals surface area contributed by atoms with Crippen LogP contribution in [0.1, 0.15) is 51.7 Å². The molecule has 1 atom stereocenters. The van der Waals surface area contributed by atoms with Gasteiger partial charge in [0.25, 0.3) is 5.91 Å². The number of rotatable bonds is 5. The van der Waals surface area contributed by atoms with Gasteiger partial charge in [-0.25, -0.2) is 9.69 Å². The summed E-state index contributed by atoms with van der Waals surface area (Å²) in [5.74, 6) is -0.269. The number of hydrogen-bond acceptors (Lipinski definition) is 4. The van der Waals surface area contributed by atoms with Crippen LogP contribution in [-0.4, -0.2) is 41.0 Å². The molecule has 3 rings (SSSR count). The molecule has 0 aromatic heterocycles. The van der Waals surface area contributed by atoms with Crippen LogP contribution in [0.4, 0.5) is 4.79 Å². The van der Waals surface area contributed by atoms with Gasteiger partial charge in [0.1, 0.15) is 5.54 Å². The number of imide groups is 1. The number of hydrogen-bond donors (Lipinski definition) is 1. The van der Waals surface area contributed by atoms with Gasteiger partial charge in [-0.1, -0.05) is 45.0 Å². The Kier molecular flexibility index (Phi) is 4.53. The number of urea groups is 1. The zero-order valence-electron chi connectivity index (χ0n) is 15.9. The van der Waals surface area contributed by atoms with Gasteiger partial charge in [0.15, 0.2) is 0 Å². The molecule has 0 unspecified atom stereocenters. The summed E-state index contributed by atoms with van der Waals surface area (Å²) in [5.41, 5.74) is 0.892. The molecular formula is C20H26N4O2. The average molecular weight is 354 g/mol. The third-order valence-electron chi connectivity index (χ3n) is 5.26. The van der Waals surface area contributed by atoms with Crippen molar-refractivity contribution in [3.05, 3.63) is 35.4 Å². The molecule has 1 saturated carbocycles. The zero-order chi connectivity index (χ0) is 19.1. The minimum absolute atomic E-state index is 0.0243. The highest BCUT2D eigenvalue weighted by Gasteiger charge is 2.50. The first-order valence-electron chi connectivity index (χ1n) is 9.03. The van der Waals surface area contributed by atoms with Crippen LogP contribution < -0.4 is 5.32 Å². The number of carbonyl (C=O) groups excluding carboxylic acids is 2. The van der Waals surface area contributed by atoms with Gasteiger partial charge in [0.05, 0.1) is 19.3 Å². The van der Waals surface area contributed by atoms with Crippen molar-refractivity contribution in [2.75, 3.05) is 13.2 Å². The van der Waals surface area contributed by atoms with Gasteiger partial charge >= 0.3 is 6.03 Å². The van der Waals surface area contributed by atoms with Gasteiger partial charge in [-0.15, -0.1) is 0 Å². The highest BCUT2D eigenvalue weighted by Crippen LogP contribution is 2.32. The summed E-state index contributed by atoms with van der Waals surface area (Å²) in [6, 6.07) is 9.86. The van der Waals surface area contributed by atoms with E-state index in [0.717, 1.165) is 18.4 Å². The lowest BCUT2D eigenvalue weighted by Crippen LogP contribution is -2.44. The van der Waals surface area contributed by atoms with Gasteiger partial charge in [0, 0.05) is 6.04 Å². The van der Waals surface area contributed by atoms with E-state index in [-0.39, 0.29) is 24.5 Å². The average Bonchev–Trinajstić information content (AvgIpc) is 3.39. The Morgan fingerprint density at radius 1 is 1.27 bits per heavy atom. The molecule has 0 spiro atoms. The number of amides is 3. The van der Waals surface area contributed by atoms with Gasteiger partial charge in [-0.05, 0) is 36.3 Å². The Labute approximate surface area is 154 Å². The summed E-state index contributed by atoms with van der Waals surface area (Å²) >= 11 is 0. The first-order chi connectivity index (χ1) is 12.2. The fourth-order valence-electron chi connectivity index (χ4n) is 3.33. The second-order valence-electron chi connectivity index (χ2n) is 8.39. The molecule has 1 N–H and O–H groups in total. The summed E-state index contributed by atoms with van der Waals surface area (Å²) in [6.45, 7) is 8.53. The second-order valence-corrected chi connectivity index (χ2v) is 8.39. The number of nitriles is 1. The topological polar surface area (TPSA) is 76.4 Å². The van der Waals surface area contributed by atoms with Crippen molar-refractivity contribution in [2.45, 2.75) is 57.5 Å². The monoisotopic (exact) mass is 354 g/mol. The SMILES string of the molecule is CC(C)(C)c1ccc([C@@]2(C)NC(=O)N(CN(CC#N)C3CC3)C2=O)cc1. The van der Waals surface area contributed by atoms with Crippen molar-refractivity contribution >= 4 is 11.9 Å². The molecule has 1 heterocycles. The van der Waals surface area contributed by atoms with Gasteiger partial charge < -0.3 is 5.32 Å². The molecule has 1 aliphatic carbocycles. The predicted octanol–water partition coefficient (Wildman–Crippen LogP) is 2.70. The van der Waals surface area contributed by atoms with Crippen LogP contribution in [0.25, 0.3) is 0 Å². The lowest BCUT2D eigenvalue weighted by molar-refractivity contribution is -0.132. The molecule has 6 nitrogen and oxygen atoms in total. The van der Waals surface area contributed by atoms with Gasteiger partial charge in [-0.2, -0.15) is 5.26 Å². The van der Waals surface area contributed by atoms with Crippen molar-refractivity contribution in [3.8, 4) is 6.07 Å². The summed E-state index contributed by atoms with van der Waals surface area (Å²) in [5, 5.41) is 11.8. The van der Waals surface area contributed by atoms with E-state index in [1.54, 1.807) is 6.92 Å². The first-order valence-corrected chi connectivity index (χ1v) is 9.03. The minimum atomic E-state index is -1.07. The summed E-state index contributed by atoms with van der Waals surface area (Å²) in [4.78, 5) is 28.6. The van der Waals surface area contributed by atoms with Crippen LogP contribution in [0.5, 0.6) is 0 Å². The third-order valence-corrected chi connectivity index (χ3v) is 5.26. The molecule has 138 valence electrons. The van der Waals surface area contributed by atoms with Crippen LogP contribution >= 0.6 is 0 Å². The summed E-state index contributed by atoms with van der Waals surface area (Å²) in [6.07, 6.45) is 2.02. The molecular weight excluding hydrogens is 328 g/mol. The summed E-state index contributed by atoms with van der Waals surface area (Å²) in [7, 11) is 0. The van der Waals surface area contributed by atoms with E-state index in [0.29, 0.717) is 6.04 Å². The minimum Gasteiger partial charge on any atom is -0.319 e. The zero-order valence-corrected chi connectivity index (χ0v) is 15.9. The van der Waals surface area contributed by atoms with Crippen LogP contribution in [0, 0.1) is 11.3 Å². The largest absolute Gasteiger partial charge is 0.326 e. The van der Waals surface area contributed by atoms with E-state index in [9.17, 15) is 9.59 Å². The molecule has 0 bridgehead atoms. The van der Waals surface area contributed by atoms with E-state index in [1.807, 2.05) is 29.2 Å². The van der Waals surface area contributed by atoms with E-state index in [1.165, 1.54) is 10.5 Å². The standard InChI is InChI=1S/C20H26N4O2/c1-19(2,3)14-5-7-15(8-6-14)20(4)17(25)24(18(26)22-20)13-23(12-11-21)16-9-10-16/h5-8,16H,9-10,12-13H2,1-4H3,(H,22,26)/t20-/m1/s1. The molecule has 3 amide bonds. The molecule has 0 radical (unpaired) electrons. The Hall–Kier alpha value is -2.39. The number of carbonyl (C=O) groups is 2. The van der Waals surface area contributed by atoms with Crippen LogP contribution in [-0.2, 0) is 15.7 Å². The fraction of sp³-hybridized carbons (Fsp3) is 0.550. The normalized spacial score (nSPS) is 23.3. The Morgan fingerprint density at radius 3 is 2.38 bits per heavy atom. The Bertz CT molecular complexity index is 756. The predicted molar refractivity (Wildman–Crippen MR) is 98.1 cm³/mol. The quantitative estimate of drug-likeness (QED) is 0.651. The van der Waals surface area contributed by atoms with Crippen molar-refractivity contribution < 1.29 is 9.59 Å².